The van der Waals surface area contributed by atoms with Crippen molar-refractivity contribution in [2.75, 3.05) is 7.11 Å². The first-order valence-corrected chi connectivity index (χ1v) is 6.66. The quantitative estimate of drug-likeness (QED) is 0.771. The van der Waals surface area contributed by atoms with Gasteiger partial charge in [0.05, 0.1) is 7.11 Å². The van der Waals surface area contributed by atoms with Crippen LogP contribution in [0.3, 0.4) is 0 Å². The third-order valence-corrected chi connectivity index (χ3v) is 3.40. The number of hydrogen-bond donors (Lipinski definition) is 1. The zero-order chi connectivity index (χ0) is 13.9. The van der Waals surface area contributed by atoms with E-state index in [1.54, 1.807) is 13.2 Å². The molecule has 3 nitrogen and oxygen atoms in total. The summed E-state index contributed by atoms with van der Waals surface area (Å²) < 4.78 is 11.1. The number of halogens is 1. The number of hydrogen-bond acceptors (Lipinski definition) is 2. The Morgan fingerprint density at radius 3 is 2.85 bits per heavy atom. The fraction of sp³-hybridized carbons (Fsp3) is 0.125. The molecule has 0 amide bonds. The van der Waals surface area contributed by atoms with Crippen LogP contribution in [0.2, 0.25) is 5.02 Å². The van der Waals surface area contributed by atoms with Gasteiger partial charge in [0.2, 0.25) is 0 Å². The predicted octanol–water partition coefficient (Wildman–Crippen LogP) is 4.41. The van der Waals surface area contributed by atoms with Crippen LogP contribution in [0, 0.1) is 0 Å². The van der Waals surface area contributed by atoms with Crippen molar-refractivity contribution in [3.63, 3.8) is 0 Å². The molecule has 4 heteroatoms. The minimum atomic E-state index is 0.416. The third kappa shape index (κ3) is 2.58. The van der Waals surface area contributed by atoms with Crippen molar-refractivity contribution in [2.24, 2.45) is 0 Å². The van der Waals surface area contributed by atoms with Crippen molar-refractivity contribution in [1.82, 2.24) is 4.98 Å². The van der Waals surface area contributed by atoms with Crippen LogP contribution in [-0.2, 0) is 6.61 Å². The molecule has 0 bridgehead atoms. The van der Waals surface area contributed by atoms with E-state index in [-0.39, 0.29) is 0 Å². The fourth-order valence-electron chi connectivity index (χ4n) is 2.14. The first-order chi connectivity index (χ1) is 9.76. The molecule has 3 aromatic rings. The van der Waals surface area contributed by atoms with Crippen molar-refractivity contribution in [3.8, 4) is 11.5 Å². The zero-order valence-corrected chi connectivity index (χ0v) is 11.8. The van der Waals surface area contributed by atoms with Gasteiger partial charge in [-0.2, -0.15) is 0 Å². The molecule has 0 aliphatic heterocycles. The summed E-state index contributed by atoms with van der Waals surface area (Å²) in [6.07, 6.45) is 1.91. The first-order valence-electron chi connectivity index (χ1n) is 6.28. The van der Waals surface area contributed by atoms with E-state index in [2.05, 4.69) is 4.98 Å². The first kappa shape index (κ1) is 12.9. The van der Waals surface area contributed by atoms with E-state index >= 15 is 0 Å². The van der Waals surface area contributed by atoms with E-state index in [0.29, 0.717) is 11.6 Å². The highest BCUT2D eigenvalue weighted by molar-refractivity contribution is 6.30. The second-order valence-corrected chi connectivity index (χ2v) is 4.91. The lowest BCUT2D eigenvalue weighted by atomic mass is 10.2. The van der Waals surface area contributed by atoms with Crippen LogP contribution in [-0.4, -0.2) is 12.1 Å². The van der Waals surface area contributed by atoms with Gasteiger partial charge in [0, 0.05) is 27.7 Å². The summed E-state index contributed by atoms with van der Waals surface area (Å²) in [5.74, 6) is 1.59. The molecule has 0 saturated heterocycles. The molecule has 1 N–H and O–H groups in total. The molecular formula is C16H14ClNO2. The number of ether oxygens (including phenoxy) is 2. The van der Waals surface area contributed by atoms with Crippen LogP contribution in [0.25, 0.3) is 10.9 Å². The number of methoxy groups -OCH3 is 1. The number of aromatic amines is 1. The van der Waals surface area contributed by atoms with E-state index in [1.807, 2.05) is 42.6 Å². The number of benzene rings is 2. The summed E-state index contributed by atoms with van der Waals surface area (Å²) in [5, 5.41) is 1.80. The van der Waals surface area contributed by atoms with Gasteiger partial charge in [-0.25, -0.2) is 0 Å². The maximum absolute atomic E-state index is 6.00. The lowest BCUT2D eigenvalue weighted by Crippen LogP contribution is -1.98. The van der Waals surface area contributed by atoms with Crippen LogP contribution < -0.4 is 9.47 Å². The van der Waals surface area contributed by atoms with Crippen molar-refractivity contribution >= 4 is 22.5 Å². The van der Waals surface area contributed by atoms with Crippen molar-refractivity contribution < 1.29 is 9.47 Å². The van der Waals surface area contributed by atoms with Gasteiger partial charge in [0.15, 0.2) is 0 Å². The number of H-pyrrole nitrogens is 1. The zero-order valence-electron chi connectivity index (χ0n) is 11.0. The average molecular weight is 288 g/mol. The van der Waals surface area contributed by atoms with Crippen LogP contribution in [0.1, 0.15) is 5.56 Å². The Balaban J connectivity index is 1.80. The van der Waals surface area contributed by atoms with Crippen LogP contribution >= 0.6 is 11.6 Å². The SMILES string of the molecule is COc1ccc(Cl)cc1COc1ccc2[nH]ccc2c1. The highest BCUT2D eigenvalue weighted by atomic mass is 35.5. The average Bonchev–Trinajstić information content (AvgIpc) is 2.92. The van der Waals surface area contributed by atoms with Gasteiger partial charge in [-0.05, 0) is 42.5 Å². The van der Waals surface area contributed by atoms with Gasteiger partial charge in [0.25, 0.3) is 0 Å². The molecule has 20 heavy (non-hydrogen) atoms. The van der Waals surface area contributed by atoms with Crippen molar-refractivity contribution in [1.29, 1.82) is 0 Å². The monoisotopic (exact) mass is 287 g/mol. The van der Waals surface area contributed by atoms with E-state index in [9.17, 15) is 0 Å². The number of nitrogens with one attached hydrogen (secondary N) is 1. The van der Waals surface area contributed by atoms with E-state index < -0.39 is 0 Å². The van der Waals surface area contributed by atoms with Gasteiger partial charge < -0.3 is 14.5 Å². The summed E-state index contributed by atoms with van der Waals surface area (Å²) in [6, 6.07) is 13.5. The van der Waals surface area contributed by atoms with E-state index in [0.717, 1.165) is 28.0 Å². The molecule has 2 aromatic carbocycles. The molecule has 102 valence electrons. The molecule has 0 saturated carbocycles. The Labute approximate surface area is 122 Å². The van der Waals surface area contributed by atoms with Gasteiger partial charge in [0.1, 0.15) is 18.1 Å². The van der Waals surface area contributed by atoms with Gasteiger partial charge >= 0.3 is 0 Å². The summed E-state index contributed by atoms with van der Waals surface area (Å²) in [6.45, 7) is 0.416. The van der Waals surface area contributed by atoms with Crippen molar-refractivity contribution in [2.45, 2.75) is 6.61 Å². The second kappa shape index (κ2) is 5.47. The summed E-state index contributed by atoms with van der Waals surface area (Å²) in [4.78, 5) is 3.15. The standard InChI is InChI=1S/C16H14ClNO2/c1-19-16-5-2-13(17)8-12(16)10-20-14-3-4-15-11(9-14)6-7-18-15/h2-9,18H,10H2,1H3. The van der Waals surface area contributed by atoms with Crippen LogP contribution in [0.5, 0.6) is 11.5 Å². The van der Waals surface area contributed by atoms with Gasteiger partial charge in [-0.15, -0.1) is 0 Å². The highest BCUT2D eigenvalue weighted by Crippen LogP contribution is 2.25. The molecule has 1 heterocycles. The van der Waals surface area contributed by atoms with Gasteiger partial charge in [-0.3, -0.25) is 0 Å². The maximum atomic E-state index is 6.00. The lowest BCUT2D eigenvalue weighted by Gasteiger charge is -2.10. The largest absolute Gasteiger partial charge is 0.496 e. The number of fused-ring (bicyclic) bond motifs is 1. The Hall–Kier alpha value is -2.13. The number of aromatic nitrogens is 1. The summed E-state index contributed by atoms with van der Waals surface area (Å²) in [5.41, 5.74) is 2.02. The van der Waals surface area contributed by atoms with Crippen LogP contribution in [0.4, 0.5) is 0 Å². The molecule has 0 atom stereocenters. The number of rotatable bonds is 4. The minimum absolute atomic E-state index is 0.416. The fourth-order valence-corrected chi connectivity index (χ4v) is 2.34. The highest BCUT2D eigenvalue weighted by Gasteiger charge is 2.05. The molecule has 0 aliphatic carbocycles. The summed E-state index contributed by atoms with van der Waals surface area (Å²) in [7, 11) is 1.64. The third-order valence-electron chi connectivity index (χ3n) is 3.16. The Morgan fingerprint density at radius 2 is 2.00 bits per heavy atom. The Morgan fingerprint density at radius 1 is 1.10 bits per heavy atom. The predicted molar refractivity (Wildman–Crippen MR) is 80.6 cm³/mol. The summed E-state index contributed by atoms with van der Waals surface area (Å²) >= 11 is 6.00. The Bertz CT molecular complexity index is 736. The lowest BCUT2D eigenvalue weighted by molar-refractivity contribution is 0.297. The van der Waals surface area contributed by atoms with Crippen molar-refractivity contribution in [3.05, 3.63) is 59.2 Å². The van der Waals surface area contributed by atoms with Crippen LogP contribution in [0.15, 0.2) is 48.7 Å². The molecule has 0 fully saturated rings. The molecular weight excluding hydrogens is 274 g/mol. The molecule has 0 radical (unpaired) electrons. The smallest absolute Gasteiger partial charge is 0.125 e. The molecule has 0 unspecified atom stereocenters. The molecule has 3 rings (SSSR count). The van der Waals surface area contributed by atoms with E-state index in [4.69, 9.17) is 21.1 Å². The Kier molecular flexibility index (Phi) is 3.52. The topological polar surface area (TPSA) is 34.2 Å². The molecule has 0 aliphatic rings. The van der Waals surface area contributed by atoms with E-state index in [1.165, 1.54) is 0 Å². The van der Waals surface area contributed by atoms with Gasteiger partial charge in [-0.1, -0.05) is 11.6 Å². The normalized spacial score (nSPS) is 10.7. The maximum Gasteiger partial charge on any atom is 0.125 e. The second-order valence-electron chi connectivity index (χ2n) is 4.47. The minimum Gasteiger partial charge on any atom is -0.496 e. The molecule has 1 aromatic heterocycles. The molecule has 0 spiro atoms.